The van der Waals surface area contributed by atoms with Crippen LogP contribution in [-0.2, 0) is 6.54 Å². The summed E-state index contributed by atoms with van der Waals surface area (Å²) in [6.45, 7) is 2.52. The zero-order chi connectivity index (χ0) is 14.4. The highest BCUT2D eigenvalue weighted by atomic mass is 127. The molecule has 0 saturated heterocycles. The van der Waals surface area contributed by atoms with E-state index in [1.54, 1.807) is 13.3 Å². The van der Waals surface area contributed by atoms with Crippen LogP contribution in [0.3, 0.4) is 0 Å². The number of guanidine groups is 1. The first-order chi connectivity index (χ1) is 9.67. The quantitative estimate of drug-likeness (QED) is 0.472. The Morgan fingerprint density at radius 1 is 1.29 bits per heavy atom. The van der Waals surface area contributed by atoms with E-state index in [4.69, 9.17) is 10.5 Å². The number of nitrogens with two attached hydrogens (primary N) is 1. The monoisotopic (exact) mass is 398 g/mol. The van der Waals surface area contributed by atoms with Crippen molar-refractivity contribution in [2.24, 2.45) is 10.7 Å². The molecule has 0 aliphatic heterocycles. The fraction of sp³-hybridized carbons (Fsp3) is 0.200. The number of hydrogen-bond acceptors (Lipinski definition) is 3. The van der Waals surface area contributed by atoms with Crippen molar-refractivity contribution in [3.8, 4) is 5.88 Å². The number of aromatic nitrogens is 1. The van der Waals surface area contributed by atoms with Crippen molar-refractivity contribution in [3.63, 3.8) is 0 Å². The van der Waals surface area contributed by atoms with Gasteiger partial charge in [0.15, 0.2) is 5.96 Å². The maximum atomic E-state index is 5.85. The first-order valence-corrected chi connectivity index (χ1v) is 6.30. The Kier molecular flexibility index (Phi) is 6.93. The first-order valence-electron chi connectivity index (χ1n) is 6.30. The second kappa shape index (κ2) is 8.46. The van der Waals surface area contributed by atoms with Gasteiger partial charge in [0.25, 0.3) is 0 Å². The van der Waals surface area contributed by atoms with Crippen LogP contribution in [0.5, 0.6) is 5.88 Å². The molecule has 0 aliphatic rings. The molecule has 0 aliphatic carbocycles. The third-order valence-corrected chi connectivity index (χ3v) is 2.76. The molecule has 112 valence electrons. The number of aliphatic imine (C=N–C) groups is 1. The fourth-order valence-corrected chi connectivity index (χ4v) is 1.66. The summed E-state index contributed by atoms with van der Waals surface area (Å²) in [6, 6.07) is 11.7. The normalized spacial score (nSPS) is 10.7. The minimum absolute atomic E-state index is 0. The van der Waals surface area contributed by atoms with E-state index in [1.807, 2.05) is 43.3 Å². The Morgan fingerprint density at radius 2 is 2.00 bits per heavy atom. The Morgan fingerprint density at radius 3 is 2.67 bits per heavy atom. The molecule has 5 nitrogen and oxygen atoms in total. The van der Waals surface area contributed by atoms with Gasteiger partial charge >= 0.3 is 0 Å². The van der Waals surface area contributed by atoms with Gasteiger partial charge in [0.05, 0.1) is 13.7 Å². The van der Waals surface area contributed by atoms with Crippen LogP contribution in [0.4, 0.5) is 5.69 Å². The summed E-state index contributed by atoms with van der Waals surface area (Å²) in [6.07, 6.45) is 1.69. The fourth-order valence-electron chi connectivity index (χ4n) is 1.66. The molecule has 3 N–H and O–H groups in total. The number of halogens is 1. The summed E-state index contributed by atoms with van der Waals surface area (Å²) in [5.74, 6) is 0.951. The van der Waals surface area contributed by atoms with Crippen molar-refractivity contribution >= 4 is 35.6 Å². The number of anilines is 1. The number of nitrogens with zero attached hydrogens (tertiary/aromatic N) is 2. The lowest BCUT2D eigenvalue weighted by Gasteiger charge is -2.06. The number of benzene rings is 1. The van der Waals surface area contributed by atoms with Crippen LogP contribution >= 0.6 is 24.0 Å². The van der Waals surface area contributed by atoms with Gasteiger partial charge in [0, 0.05) is 18.0 Å². The molecule has 1 aromatic carbocycles. The van der Waals surface area contributed by atoms with E-state index in [9.17, 15) is 0 Å². The molecule has 21 heavy (non-hydrogen) atoms. The van der Waals surface area contributed by atoms with Crippen molar-refractivity contribution in [2.75, 3.05) is 12.4 Å². The van der Waals surface area contributed by atoms with Gasteiger partial charge in [-0.2, -0.15) is 0 Å². The van der Waals surface area contributed by atoms with Crippen molar-refractivity contribution in [2.45, 2.75) is 13.5 Å². The lowest BCUT2D eigenvalue weighted by molar-refractivity contribution is 0.397. The van der Waals surface area contributed by atoms with Gasteiger partial charge in [-0.25, -0.2) is 9.98 Å². The second-order valence-corrected chi connectivity index (χ2v) is 4.40. The summed E-state index contributed by atoms with van der Waals surface area (Å²) in [7, 11) is 1.59. The smallest absolute Gasteiger partial charge is 0.213 e. The Bertz CT molecular complexity index is 599. The first kappa shape index (κ1) is 17.2. The van der Waals surface area contributed by atoms with Gasteiger partial charge in [-0.15, -0.1) is 24.0 Å². The molecule has 1 aromatic heterocycles. The predicted molar refractivity (Wildman–Crippen MR) is 96.3 cm³/mol. The number of ether oxygens (including phenoxy) is 1. The van der Waals surface area contributed by atoms with Crippen LogP contribution in [0.25, 0.3) is 0 Å². The molecule has 2 rings (SSSR count). The van der Waals surface area contributed by atoms with E-state index in [0.29, 0.717) is 18.4 Å². The number of hydrogen-bond donors (Lipinski definition) is 2. The summed E-state index contributed by atoms with van der Waals surface area (Å²) < 4.78 is 5.06. The van der Waals surface area contributed by atoms with Crippen LogP contribution in [0, 0.1) is 6.92 Å². The second-order valence-electron chi connectivity index (χ2n) is 4.40. The summed E-state index contributed by atoms with van der Waals surface area (Å²) in [5.41, 5.74) is 8.97. The number of nitrogens with one attached hydrogen (secondary N) is 1. The van der Waals surface area contributed by atoms with Crippen molar-refractivity contribution in [1.29, 1.82) is 0 Å². The average Bonchev–Trinajstić information content (AvgIpc) is 2.48. The van der Waals surface area contributed by atoms with Gasteiger partial charge in [-0.3, -0.25) is 0 Å². The molecule has 0 amide bonds. The highest BCUT2D eigenvalue weighted by molar-refractivity contribution is 14.0. The van der Waals surface area contributed by atoms with E-state index in [2.05, 4.69) is 15.3 Å². The standard InChI is InChI=1S/C15H18N4O.HI/c1-11-3-5-13(6-4-11)19-15(16)18-10-12-7-8-17-14(9-12)20-2;/h3-9H,10H2,1-2H3,(H3,16,18,19);1H. The maximum absolute atomic E-state index is 5.85. The molecule has 0 bridgehead atoms. The number of aryl methyl sites for hydroxylation is 1. The van der Waals surface area contributed by atoms with Gasteiger partial charge in [0.1, 0.15) is 0 Å². The van der Waals surface area contributed by atoms with Crippen LogP contribution in [0.1, 0.15) is 11.1 Å². The van der Waals surface area contributed by atoms with E-state index in [1.165, 1.54) is 5.56 Å². The van der Waals surface area contributed by atoms with Crippen molar-refractivity contribution in [3.05, 3.63) is 53.7 Å². The van der Waals surface area contributed by atoms with Crippen molar-refractivity contribution in [1.82, 2.24) is 4.98 Å². The number of pyridine rings is 1. The van der Waals surface area contributed by atoms with Gasteiger partial charge in [-0.05, 0) is 30.7 Å². The number of methoxy groups -OCH3 is 1. The maximum Gasteiger partial charge on any atom is 0.213 e. The van der Waals surface area contributed by atoms with Gasteiger partial charge in [0.2, 0.25) is 5.88 Å². The minimum Gasteiger partial charge on any atom is -0.481 e. The van der Waals surface area contributed by atoms with Crippen LogP contribution < -0.4 is 15.8 Å². The predicted octanol–water partition coefficient (Wildman–Crippen LogP) is 2.94. The van der Waals surface area contributed by atoms with Crippen molar-refractivity contribution < 1.29 is 4.74 Å². The summed E-state index contributed by atoms with van der Waals surface area (Å²) in [5, 5.41) is 3.05. The zero-order valence-corrected chi connectivity index (χ0v) is 14.4. The summed E-state index contributed by atoms with van der Waals surface area (Å²) >= 11 is 0. The molecule has 1 heterocycles. The van der Waals surface area contributed by atoms with Gasteiger partial charge < -0.3 is 15.8 Å². The molecule has 2 aromatic rings. The molecule has 6 heteroatoms. The number of rotatable bonds is 4. The van der Waals surface area contributed by atoms with E-state index < -0.39 is 0 Å². The van der Waals surface area contributed by atoms with Crippen LogP contribution in [0.15, 0.2) is 47.6 Å². The topological polar surface area (TPSA) is 72.5 Å². The SMILES string of the molecule is COc1cc(CN=C(N)Nc2ccc(C)cc2)ccn1.I. The third-order valence-electron chi connectivity index (χ3n) is 2.76. The molecular weight excluding hydrogens is 379 g/mol. The molecule has 0 atom stereocenters. The molecule has 0 fully saturated rings. The molecule has 0 saturated carbocycles. The molecule has 0 spiro atoms. The highest BCUT2D eigenvalue weighted by Gasteiger charge is 1.98. The van der Waals surface area contributed by atoms with Crippen LogP contribution in [0.2, 0.25) is 0 Å². The van der Waals surface area contributed by atoms with E-state index in [0.717, 1.165) is 11.3 Å². The zero-order valence-electron chi connectivity index (χ0n) is 12.0. The minimum atomic E-state index is 0. The molecule has 0 radical (unpaired) electrons. The molecule has 0 unspecified atom stereocenters. The highest BCUT2D eigenvalue weighted by Crippen LogP contribution is 2.10. The Labute approximate surface area is 141 Å². The lowest BCUT2D eigenvalue weighted by atomic mass is 10.2. The van der Waals surface area contributed by atoms with Crippen LogP contribution in [-0.4, -0.2) is 18.1 Å². The Balaban J connectivity index is 0.00000220. The third kappa shape index (κ3) is 5.58. The largest absolute Gasteiger partial charge is 0.481 e. The molecular formula is C15H19IN4O. The lowest BCUT2D eigenvalue weighted by Crippen LogP contribution is -2.22. The Hall–Kier alpha value is -1.83. The van der Waals surface area contributed by atoms with E-state index >= 15 is 0 Å². The average molecular weight is 398 g/mol. The summed E-state index contributed by atoms with van der Waals surface area (Å²) in [4.78, 5) is 8.33. The van der Waals surface area contributed by atoms with Gasteiger partial charge in [-0.1, -0.05) is 17.7 Å². The van der Waals surface area contributed by atoms with E-state index in [-0.39, 0.29) is 24.0 Å².